The van der Waals surface area contributed by atoms with Gasteiger partial charge < -0.3 is 9.73 Å². The van der Waals surface area contributed by atoms with E-state index in [0.29, 0.717) is 10.6 Å². The zero-order valence-electron chi connectivity index (χ0n) is 13.1. The summed E-state index contributed by atoms with van der Waals surface area (Å²) in [5.74, 6) is 1.49. The zero-order chi connectivity index (χ0) is 15.7. The summed E-state index contributed by atoms with van der Waals surface area (Å²) >= 11 is 6.28. The number of nitrogens with one attached hydrogen (secondary N) is 1. The Morgan fingerprint density at radius 1 is 1.19 bits per heavy atom. The average Bonchev–Trinajstić information content (AvgIpc) is 2.66. The van der Waals surface area contributed by atoms with E-state index in [9.17, 15) is 4.39 Å². The smallest absolute Gasteiger partial charge is 0.127 e. The Hall–Kier alpha value is -1.32. The molecule has 1 aromatic heterocycles. The molecule has 2 rings (SSSR count). The maximum Gasteiger partial charge on any atom is 0.127 e. The lowest BCUT2D eigenvalue weighted by Crippen LogP contribution is -2.23. The molecule has 0 spiro atoms. The minimum atomic E-state index is -0.282. The van der Waals surface area contributed by atoms with Gasteiger partial charge in [0.05, 0.1) is 6.04 Å². The molecule has 0 saturated heterocycles. The third-order valence-electron chi connectivity index (χ3n) is 3.90. The molecule has 0 radical (unpaired) electrons. The molecule has 0 fully saturated rings. The first-order valence-electron chi connectivity index (χ1n) is 7.12. The van der Waals surface area contributed by atoms with Crippen molar-refractivity contribution in [1.82, 2.24) is 5.32 Å². The van der Waals surface area contributed by atoms with E-state index in [4.69, 9.17) is 16.0 Å². The van der Waals surface area contributed by atoms with Gasteiger partial charge in [0, 0.05) is 10.6 Å². The second-order valence-electron chi connectivity index (χ2n) is 5.37. The van der Waals surface area contributed by atoms with Crippen molar-refractivity contribution < 1.29 is 8.81 Å². The highest BCUT2D eigenvalue weighted by molar-refractivity contribution is 6.31. The fraction of sp³-hybridized carbons (Fsp3) is 0.412. The highest BCUT2D eigenvalue weighted by atomic mass is 35.5. The van der Waals surface area contributed by atoms with Crippen molar-refractivity contribution in [2.24, 2.45) is 0 Å². The topological polar surface area (TPSA) is 25.2 Å². The molecule has 1 atom stereocenters. The van der Waals surface area contributed by atoms with Gasteiger partial charge in [-0.3, -0.25) is 0 Å². The highest BCUT2D eigenvalue weighted by Crippen LogP contribution is 2.35. The van der Waals surface area contributed by atoms with E-state index in [1.54, 1.807) is 6.92 Å². The summed E-state index contributed by atoms with van der Waals surface area (Å²) in [5, 5.41) is 3.86. The molecular weight excluding hydrogens is 289 g/mol. The van der Waals surface area contributed by atoms with E-state index in [1.165, 1.54) is 6.07 Å². The van der Waals surface area contributed by atoms with Gasteiger partial charge in [0.2, 0.25) is 0 Å². The number of furan rings is 1. The van der Waals surface area contributed by atoms with Crippen LogP contribution in [0.1, 0.15) is 46.7 Å². The molecule has 114 valence electrons. The van der Waals surface area contributed by atoms with E-state index in [0.717, 1.165) is 34.8 Å². The molecule has 4 heteroatoms. The van der Waals surface area contributed by atoms with Crippen molar-refractivity contribution in [3.05, 3.63) is 56.7 Å². The Morgan fingerprint density at radius 2 is 1.86 bits per heavy atom. The average molecular weight is 310 g/mol. The SMILES string of the molecule is CCNC(c1cc(C)c(F)cc1Cl)c1c(C)oc(C)c1C. The minimum absolute atomic E-state index is 0.0979. The first kappa shape index (κ1) is 16.1. The molecule has 0 aliphatic heterocycles. The van der Waals surface area contributed by atoms with E-state index in [1.807, 2.05) is 33.8 Å². The summed E-state index contributed by atoms with van der Waals surface area (Å²) in [6, 6.07) is 3.10. The maximum atomic E-state index is 13.7. The number of halogens is 2. The molecule has 0 bridgehead atoms. The number of rotatable bonds is 4. The molecule has 0 aliphatic carbocycles. The third kappa shape index (κ3) is 2.99. The van der Waals surface area contributed by atoms with Crippen LogP contribution >= 0.6 is 11.6 Å². The fourth-order valence-corrected chi connectivity index (χ4v) is 2.97. The molecule has 2 aromatic rings. The molecule has 0 amide bonds. The molecule has 21 heavy (non-hydrogen) atoms. The van der Waals surface area contributed by atoms with Gasteiger partial charge in [-0.1, -0.05) is 18.5 Å². The van der Waals surface area contributed by atoms with Gasteiger partial charge in [-0.25, -0.2) is 4.39 Å². The van der Waals surface area contributed by atoms with Crippen molar-refractivity contribution >= 4 is 11.6 Å². The second-order valence-corrected chi connectivity index (χ2v) is 5.77. The van der Waals surface area contributed by atoms with Crippen LogP contribution in [0.25, 0.3) is 0 Å². The summed E-state index contributed by atoms with van der Waals surface area (Å²) in [6.07, 6.45) is 0. The summed E-state index contributed by atoms with van der Waals surface area (Å²) < 4.78 is 19.4. The Labute approximate surface area is 130 Å². The van der Waals surface area contributed by atoms with Crippen LogP contribution in [0.5, 0.6) is 0 Å². The summed E-state index contributed by atoms with van der Waals surface area (Å²) in [4.78, 5) is 0. The minimum Gasteiger partial charge on any atom is -0.466 e. The Balaban J connectivity index is 2.61. The van der Waals surface area contributed by atoms with Crippen LogP contribution in [0.2, 0.25) is 5.02 Å². The second kappa shape index (κ2) is 6.20. The van der Waals surface area contributed by atoms with Crippen LogP contribution in [0.4, 0.5) is 4.39 Å². The van der Waals surface area contributed by atoms with Crippen LogP contribution < -0.4 is 5.32 Å². The standard InChI is InChI=1S/C17H21ClFNO/c1-6-20-17(16-10(3)11(4)21-12(16)5)13-7-9(2)15(19)8-14(13)18/h7-8,17,20H,6H2,1-5H3. The summed E-state index contributed by atoms with van der Waals surface area (Å²) in [6.45, 7) is 10.5. The first-order valence-corrected chi connectivity index (χ1v) is 7.50. The predicted octanol–water partition coefficient (Wildman–Crippen LogP) is 5.00. The lowest BCUT2D eigenvalue weighted by Gasteiger charge is -2.21. The van der Waals surface area contributed by atoms with Crippen LogP contribution in [0, 0.1) is 33.5 Å². The van der Waals surface area contributed by atoms with Crippen LogP contribution in [-0.4, -0.2) is 6.54 Å². The van der Waals surface area contributed by atoms with Crippen LogP contribution in [0.15, 0.2) is 16.5 Å². The highest BCUT2D eigenvalue weighted by Gasteiger charge is 2.24. The van der Waals surface area contributed by atoms with Crippen molar-refractivity contribution in [3.63, 3.8) is 0 Å². The zero-order valence-corrected chi connectivity index (χ0v) is 13.9. The number of hydrogen-bond donors (Lipinski definition) is 1. The van der Waals surface area contributed by atoms with E-state index in [2.05, 4.69) is 5.32 Å². The molecule has 1 unspecified atom stereocenters. The van der Waals surface area contributed by atoms with Gasteiger partial charge in [-0.2, -0.15) is 0 Å². The van der Waals surface area contributed by atoms with Crippen molar-refractivity contribution in [2.45, 2.75) is 40.7 Å². The molecular formula is C17H21ClFNO. The van der Waals surface area contributed by atoms with Gasteiger partial charge >= 0.3 is 0 Å². The third-order valence-corrected chi connectivity index (χ3v) is 4.23. The van der Waals surface area contributed by atoms with Crippen LogP contribution in [-0.2, 0) is 0 Å². The van der Waals surface area contributed by atoms with Gasteiger partial charge in [0.15, 0.2) is 0 Å². The quantitative estimate of drug-likeness (QED) is 0.859. The number of hydrogen-bond acceptors (Lipinski definition) is 2. The monoisotopic (exact) mass is 309 g/mol. The summed E-state index contributed by atoms with van der Waals surface area (Å²) in [7, 11) is 0. The van der Waals surface area contributed by atoms with Crippen molar-refractivity contribution in [3.8, 4) is 0 Å². The van der Waals surface area contributed by atoms with Crippen molar-refractivity contribution in [2.75, 3.05) is 6.54 Å². The molecule has 2 nitrogen and oxygen atoms in total. The maximum absolute atomic E-state index is 13.7. The number of benzene rings is 1. The largest absolute Gasteiger partial charge is 0.466 e. The van der Waals surface area contributed by atoms with Gasteiger partial charge in [0.1, 0.15) is 17.3 Å². The molecule has 0 saturated carbocycles. The first-order chi connectivity index (χ1) is 9.86. The number of aryl methyl sites for hydroxylation is 3. The van der Waals surface area contributed by atoms with E-state index >= 15 is 0 Å². The van der Waals surface area contributed by atoms with E-state index in [-0.39, 0.29) is 11.9 Å². The van der Waals surface area contributed by atoms with Gasteiger partial charge in [-0.15, -0.1) is 0 Å². The Morgan fingerprint density at radius 3 is 2.38 bits per heavy atom. The lowest BCUT2D eigenvalue weighted by atomic mass is 9.94. The Bertz CT molecular complexity index is 663. The predicted molar refractivity (Wildman–Crippen MR) is 84.6 cm³/mol. The van der Waals surface area contributed by atoms with E-state index < -0.39 is 0 Å². The van der Waals surface area contributed by atoms with Crippen molar-refractivity contribution in [1.29, 1.82) is 0 Å². The molecule has 1 N–H and O–H groups in total. The van der Waals surface area contributed by atoms with Gasteiger partial charge in [-0.05, 0) is 63.1 Å². The molecule has 1 heterocycles. The van der Waals surface area contributed by atoms with Gasteiger partial charge in [0.25, 0.3) is 0 Å². The molecule has 1 aromatic carbocycles. The van der Waals surface area contributed by atoms with Crippen LogP contribution in [0.3, 0.4) is 0 Å². The molecule has 0 aliphatic rings. The Kier molecular flexibility index (Phi) is 4.74. The summed E-state index contributed by atoms with van der Waals surface area (Å²) in [5.41, 5.74) is 3.66. The lowest BCUT2D eigenvalue weighted by molar-refractivity contribution is 0.494. The normalized spacial score (nSPS) is 12.7. The fourth-order valence-electron chi connectivity index (χ4n) is 2.71.